The van der Waals surface area contributed by atoms with Crippen LogP contribution < -0.4 is 5.32 Å². The Kier molecular flexibility index (Phi) is 5.59. The normalized spacial score (nSPS) is 28.1. The standard InChI is InChI=1S/C13H25N3O4S/c1-3-20-13(17)12-5-4-7-16(12)21(18,19)15-8-6-11(10-15)9-14-2/h11-12,14H,3-10H2,1-2H3. The molecule has 2 fully saturated rings. The molecular formula is C13H25N3O4S. The molecule has 2 atom stereocenters. The van der Waals surface area contributed by atoms with Crippen LogP contribution >= 0.6 is 0 Å². The molecule has 2 aliphatic rings. The molecule has 122 valence electrons. The Morgan fingerprint density at radius 2 is 2.10 bits per heavy atom. The van der Waals surface area contributed by atoms with Crippen molar-refractivity contribution in [2.45, 2.75) is 32.2 Å². The van der Waals surface area contributed by atoms with E-state index in [0.717, 1.165) is 13.0 Å². The lowest BCUT2D eigenvalue weighted by molar-refractivity contribution is -0.146. The number of nitrogens with zero attached hydrogens (tertiary/aromatic N) is 2. The van der Waals surface area contributed by atoms with Crippen LogP contribution in [0.4, 0.5) is 0 Å². The highest BCUT2D eigenvalue weighted by Gasteiger charge is 2.44. The largest absolute Gasteiger partial charge is 0.465 e. The Bertz CT molecular complexity index is 468. The van der Waals surface area contributed by atoms with E-state index in [-0.39, 0.29) is 6.61 Å². The zero-order chi connectivity index (χ0) is 15.5. The second-order valence-electron chi connectivity index (χ2n) is 5.60. The van der Waals surface area contributed by atoms with E-state index in [1.54, 1.807) is 6.92 Å². The van der Waals surface area contributed by atoms with E-state index in [9.17, 15) is 13.2 Å². The molecule has 2 saturated heterocycles. The molecule has 0 aromatic heterocycles. The van der Waals surface area contributed by atoms with Crippen molar-refractivity contribution < 1.29 is 17.9 Å². The van der Waals surface area contributed by atoms with Gasteiger partial charge in [-0.05, 0) is 45.7 Å². The highest BCUT2D eigenvalue weighted by atomic mass is 32.2. The first-order valence-electron chi connectivity index (χ1n) is 7.58. The van der Waals surface area contributed by atoms with Gasteiger partial charge in [0.05, 0.1) is 6.61 Å². The molecule has 0 aromatic rings. The first-order chi connectivity index (χ1) is 10.0. The number of hydrogen-bond donors (Lipinski definition) is 1. The lowest BCUT2D eigenvalue weighted by atomic mass is 10.1. The molecule has 1 N–H and O–H groups in total. The third kappa shape index (κ3) is 3.56. The third-order valence-electron chi connectivity index (χ3n) is 4.13. The van der Waals surface area contributed by atoms with Crippen molar-refractivity contribution in [3.8, 4) is 0 Å². The average Bonchev–Trinajstić information content (AvgIpc) is 3.08. The Balaban J connectivity index is 2.06. The summed E-state index contributed by atoms with van der Waals surface area (Å²) in [4.78, 5) is 11.9. The number of carbonyl (C=O) groups excluding carboxylic acids is 1. The Morgan fingerprint density at radius 1 is 1.33 bits per heavy atom. The number of rotatable bonds is 6. The van der Waals surface area contributed by atoms with Gasteiger partial charge in [0.2, 0.25) is 0 Å². The summed E-state index contributed by atoms with van der Waals surface area (Å²) in [6, 6.07) is -0.654. The zero-order valence-electron chi connectivity index (χ0n) is 12.7. The maximum Gasteiger partial charge on any atom is 0.324 e. The topological polar surface area (TPSA) is 79.0 Å². The van der Waals surface area contributed by atoms with Gasteiger partial charge in [0.15, 0.2) is 0 Å². The molecular weight excluding hydrogens is 294 g/mol. The van der Waals surface area contributed by atoms with Crippen LogP contribution in [0.5, 0.6) is 0 Å². The fourth-order valence-corrected chi connectivity index (χ4v) is 5.01. The molecule has 2 unspecified atom stereocenters. The van der Waals surface area contributed by atoms with Crippen LogP contribution in [0.1, 0.15) is 26.2 Å². The van der Waals surface area contributed by atoms with Crippen molar-refractivity contribution in [3.63, 3.8) is 0 Å². The van der Waals surface area contributed by atoms with Crippen LogP contribution in [0.15, 0.2) is 0 Å². The van der Waals surface area contributed by atoms with Crippen LogP contribution in [0.2, 0.25) is 0 Å². The number of nitrogens with one attached hydrogen (secondary N) is 1. The monoisotopic (exact) mass is 319 g/mol. The molecule has 8 heteroatoms. The van der Waals surface area contributed by atoms with Crippen LogP contribution in [-0.4, -0.2) is 68.9 Å². The molecule has 0 amide bonds. The molecule has 0 aromatic carbocycles. The molecule has 0 spiro atoms. The zero-order valence-corrected chi connectivity index (χ0v) is 13.6. The molecule has 0 radical (unpaired) electrons. The van der Waals surface area contributed by atoms with Gasteiger partial charge >= 0.3 is 5.97 Å². The number of esters is 1. The molecule has 2 heterocycles. The lowest BCUT2D eigenvalue weighted by Crippen LogP contribution is -2.48. The number of carbonyl (C=O) groups is 1. The van der Waals surface area contributed by atoms with Crippen molar-refractivity contribution in [2.24, 2.45) is 5.92 Å². The molecule has 0 bridgehead atoms. The predicted octanol–water partition coefficient (Wildman–Crippen LogP) is -0.200. The van der Waals surface area contributed by atoms with Crippen LogP contribution in [0.25, 0.3) is 0 Å². The Labute approximate surface area is 126 Å². The van der Waals surface area contributed by atoms with Gasteiger partial charge in [0.25, 0.3) is 10.2 Å². The summed E-state index contributed by atoms with van der Waals surface area (Å²) in [5, 5.41) is 3.09. The lowest BCUT2D eigenvalue weighted by Gasteiger charge is -2.27. The summed E-state index contributed by atoms with van der Waals surface area (Å²) in [7, 11) is -1.69. The Morgan fingerprint density at radius 3 is 2.76 bits per heavy atom. The minimum absolute atomic E-state index is 0.275. The first kappa shape index (κ1) is 16.7. The number of hydrogen-bond acceptors (Lipinski definition) is 5. The SMILES string of the molecule is CCOC(=O)C1CCCN1S(=O)(=O)N1CCC(CNC)C1. The van der Waals surface area contributed by atoms with Gasteiger partial charge in [-0.3, -0.25) is 4.79 Å². The molecule has 2 rings (SSSR count). The van der Waals surface area contributed by atoms with Gasteiger partial charge in [0, 0.05) is 19.6 Å². The highest BCUT2D eigenvalue weighted by Crippen LogP contribution is 2.28. The van der Waals surface area contributed by atoms with Crippen molar-refractivity contribution in [3.05, 3.63) is 0 Å². The van der Waals surface area contributed by atoms with Gasteiger partial charge in [-0.25, -0.2) is 0 Å². The maximum atomic E-state index is 12.7. The third-order valence-corrected chi connectivity index (χ3v) is 6.14. The molecule has 0 saturated carbocycles. The summed E-state index contributed by atoms with van der Waals surface area (Å²) in [6.45, 7) is 4.27. The summed E-state index contributed by atoms with van der Waals surface area (Å²) in [5.41, 5.74) is 0. The smallest absolute Gasteiger partial charge is 0.324 e. The van der Waals surface area contributed by atoms with Crippen LogP contribution in [0, 0.1) is 5.92 Å². The van der Waals surface area contributed by atoms with Crippen molar-refractivity contribution >= 4 is 16.2 Å². The van der Waals surface area contributed by atoms with E-state index in [2.05, 4.69) is 5.32 Å². The number of ether oxygens (including phenoxy) is 1. The minimum Gasteiger partial charge on any atom is -0.465 e. The summed E-state index contributed by atoms with van der Waals surface area (Å²) >= 11 is 0. The summed E-state index contributed by atoms with van der Waals surface area (Å²) in [5.74, 6) is -0.0852. The van der Waals surface area contributed by atoms with Gasteiger partial charge < -0.3 is 10.1 Å². The molecule has 7 nitrogen and oxygen atoms in total. The quantitative estimate of drug-likeness (QED) is 0.686. The average molecular weight is 319 g/mol. The van der Waals surface area contributed by atoms with Crippen molar-refractivity contribution in [1.82, 2.24) is 13.9 Å². The van der Waals surface area contributed by atoms with Gasteiger partial charge in [-0.2, -0.15) is 17.0 Å². The fourth-order valence-electron chi connectivity index (χ4n) is 3.10. The van der Waals surface area contributed by atoms with Crippen molar-refractivity contribution in [1.29, 1.82) is 0 Å². The van der Waals surface area contributed by atoms with E-state index in [1.165, 1.54) is 8.61 Å². The molecule has 21 heavy (non-hydrogen) atoms. The molecule has 0 aliphatic carbocycles. The van der Waals surface area contributed by atoms with Gasteiger partial charge in [0.1, 0.15) is 6.04 Å². The van der Waals surface area contributed by atoms with E-state index in [0.29, 0.717) is 38.4 Å². The van der Waals surface area contributed by atoms with Gasteiger partial charge in [-0.1, -0.05) is 0 Å². The summed E-state index contributed by atoms with van der Waals surface area (Å²) in [6.07, 6.45) is 2.11. The van der Waals surface area contributed by atoms with Crippen LogP contribution in [-0.2, 0) is 19.7 Å². The summed E-state index contributed by atoms with van der Waals surface area (Å²) < 4.78 is 33.3. The minimum atomic E-state index is -3.56. The van der Waals surface area contributed by atoms with Gasteiger partial charge in [-0.15, -0.1) is 0 Å². The Hall–Kier alpha value is -0.700. The van der Waals surface area contributed by atoms with E-state index in [4.69, 9.17) is 4.74 Å². The van der Waals surface area contributed by atoms with E-state index >= 15 is 0 Å². The second-order valence-corrected chi connectivity index (χ2v) is 7.48. The second kappa shape index (κ2) is 7.04. The fraction of sp³-hybridized carbons (Fsp3) is 0.923. The van der Waals surface area contributed by atoms with Crippen molar-refractivity contribution in [2.75, 3.05) is 39.8 Å². The van der Waals surface area contributed by atoms with E-state index < -0.39 is 22.2 Å². The highest BCUT2D eigenvalue weighted by molar-refractivity contribution is 7.86. The predicted molar refractivity (Wildman–Crippen MR) is 78.9 cm³/mol. The van der Waals surface area contributed by atoms with Crippen LogP contribution in [0.3, 0.4) is 0 Å². The maximum absolute atomic E-state index is 12.7. The van der Waals surface area contributed by atoms with E-state index in [1.807, 2.05) is 7.05 Å². The first-order valence-corrected chi connectivity index (χ1v) is 8.98. The molecule has 2 aliphatic heterocycles.